The Labute approximate surface area is 122 Å². The second-order valence-electron chi connectivity index (χ2n) is 6.13. The highest BCUT2D eigenvalue weighted by molar-refractivity contribution is 5.99. The Morgan fingerprint density at radius 1 is 1.25 bits per heavy atom. The molecule has 1 aliphatic carbocycles. The van der Waals surface area contributed by atoms with Crippen molar-refractivity contribution in [2.75, 3.05) is 18.9 Å². The summed E-state index contributed by atoms with van der Waals surface area (Å²) in [6.45, 7) is 5.14. The maximum absolute atomic E-state index is 12.3. The molecule has 3 heteroatoms. The van der Waals surface area contributed by atoms with Crippen LogP contribution in [0.25, 0.3) is 0 Å². The summed E-state index contributed by atoms with van der Waals surface area (Å²) < 4.78 is 0. The molecule has 2 rings (SSSR count). The highest BCUT2D eigenvalue weighted by Crippen LogP contribution is 2.27. The Hall–Kier alpha value is -1.51. The van der Waals surface area contributed by atoms with Gasteiger partial charge >= 0.3 is 0 Å². The van der Waals surface area contributed by atoms with E-state index in [-0.39, 0.29) is 5.91 Å². The van der Waals surface area contributed by atoms with Crippen LogP contribution >= 0.6 is 0 Å². The van der Waals surface area contributed by atoms with Crippen molar-refractivity contribution in [3.8, 4) is 0 Å². The van der Waals surface area contributed by atoms with Crippen LogP contribution in [0.15, 0.2) is 18.2 Å². The van der Waals surface area contributed by atoms with Gasteiger partial charge in [-0.3, -0.25) is 4.79 Å². The Morgan fingerprint density at radius 2 is 1.95 bits per heavy atom. The van der Waals surface area contributed by atoms with E-state index in [0.29, 0.717) is 5.92 Å². The lowest BCUT2D eigenvalue weighted by Crippen LogP contribution is -2.31. The first-order chi connectivity index (χ1) is 9.60. The van der Waals surface area contributed by atoms with Crippen LogP contribution in [0.1, 0.15) is 48.5 Å². The number of rotatable bonds is 4. The zero-order chi connectivity index (χ0) is 14.5. The van der Waals surface area contributed by atoms with Crippen LogP contribution < -0.4 is 10.6 Å². The normalized spacial score (nSPS) is 22.4. The first-order valence-corrected chi connectivity index (χ1v) is 7.66. The predicted octanol–water partition coefficient (Wildman–Crippen LogP) is 3.59. The molecule has 1 aliphatic rings. The summed E-state index contributed by atoms with van der Waals surface area (Å²) in [5.74, 6) is 1.55. The van der Waals surface area contributed by atoms with Crippen LogP contribution in [0.5, 0.6) is 0 Å². The number of carbonyl (C=O) groups excluding carboxylic acids is 1. The minimum Gasteiger partial charge on any atom is -0.387 e. The fourth-order valence-electron chi connectivity index (χ4n) is 2.93. The molecule has 0 radical (unpaired) electrons. The van der Waals surface area contributed by atoms with Crippen molar-refractivity contribution >= 4 is 11.6 Å². The van der Waals surface area contributed by atoms with Crippen molar-refractivity contribution < 1.29 is 4.79 Å². The van der Waals surface area contributed by atoms with Crippen molar-refractivity contribution in [2.45, 2.75) is 39.5 Å². The molecule has 1 saturated carbocycles. The Balaban J connectivity index is 1.93. The van der Waals surface area contributed by atoms with E-state index in [2.05, 4.69) is 17.6 Å². The van der Waals surface area contributed by atoms with Crippen LogP contribution in [0.2, 0.25) is 0 Å². The fraction of sp³-hybridized carbons (Fsp3) is 0.588. The van der Waals surface area contributed by atoms with Gasteiger partial charge in [-0.05, 0) is 43.7 Å². The largest absolute Gasteiger partial charge is 0.387 e. The molecule has 3 nitrogen and oxygen atoms in total. The molecule has 0 bridgehead atoms. The lowest BCUT2D eigenvalue weighted by Gasteiger charge is -2.26. The summed E-state index contributed by atoms with van der Waals surface area (Å²) in [5, 5.41) is 6.19. The van der Waals surface area contributed by atoms with Crippen molar-refractivity contribution in [3.63, 3.8) is 0 Å². The van der Waals surface area contributed by atoms with E-state index in [9.17, 15) is 4.79 Å². The fourth-order valence-corrected chi connectivity index (χ4v) is 2.93. The van der Waals surface area contributed by atoms with Gasteiger partial charge in [0.1, 0.15) is 0 Å². The molecule has 0 aromatic heterocycles. The molecule has 110 valence electrons. The van der Waals surface area contributed by atoms with Gasteiger partial charge in [0.15, 0.2) is 0 Å². The molecule has 0 unspecified atom stereocenters. The molecule has 0 atom stereocenters. The molecule has 2 N–H and O–H groups in total. The lowest BCUT2D eigenvalue weighted by atomic mass is 9.83. The molecule has 1 fully saturated rings. The molecule has 1 amide bonds. The monoisotopic (exact) mass is 274 g/mol. The summed E-state index contributed by atoms with van der Waals surface area (Å²) in [4.78, 5) is 12.3. The van der Waals surface area contributed by atoms with Gasteiger partial charge in [0.25, 0.3) is 5.91 Å². The number of aryl methyl sites for hydroxylation is 1. The number of hydrogen-bond donors (Lipinski definition) is 2. The van der Waals surface area contributed by atoms with E-state index < -0.39 is 0 Å². The third kappa shape index (κ3) is 3.75. The summed E-state index contributed by atoms with van der Waals surface area (Å²) in [5.41, 5.74) is 2.75. The van der Waals surface area contributed by atoms with Gasteiger partial charge < -0.3 is 10.6 Å². The van der Waals surface area contributed by atoms with E-state index in [1.807, 2.05) is 32.2 Å². The smallest absolute Gasteiger partial charge is 0.253 e. The molecular formula is C17H26N2O. The minimum absolute atomic E-state index is 0.0386. The van der Waals surface area contributed by atoms with Crippen molar-refractivity contribution in [2.24, 2.45) is 11.8 Å². The second-order valence-corrected chi connectivity index (χ2v) is 6.13. The summed E-state index contributed by atoms with van der Waals surface area (Å²) in [7, 11) is 1.85. The van der Waals surface area contributed by atoms with Gasteiger partial charge in [0.2, 0.25) is 0 Å². The SMILES string of the molecule is CNc1ccc(C)cc1C(=O)NCC1CCC(C)CC1. The van der Waals surface area contributed by atoms with Crippen molar-refractivity contribution in [1.29, 1.82) is 0 Å². The Kier molecular flexibility index (Phi) is 5.05. The van der Waals surface area contributed by atoms with Crippen molar-refractivity contribution in [1.82, 2.24) is 5.32 Å². The standard InChI is InChI=1S/C17H26N2O/c1-12-4-7-14(8-5-12)11-19-17(20)15-10-13(2)6-9-16(15)18-3/h6,9-10,12,14,18H,4-5,7-8,11H2,1-3H3,(H,19,20). The molecule has 1 aromatic carbocycles. The van der Waals surface area contributed by atoms with Crippen molar-refractivity contribution in [3.05, 3.63) is 29.3 Å². The van der Waals surface area contributed by atoms with E-state index in [1.165, 1.54) is 25.7 Å². The zero-order valence-electron chi connectivity index (χ0n) is 12.8. The van der Waals surface area contributed by atoms with Gasteiger partial charge in [0, 0.05) is 19.3 Å². The van der Waals surface area contributed by atoms with Gasteiger partial charge in [-0.15, -0.1) is 0 Å². The van der Waals surface area contributed by atoms with Crippen LogP contribution in [0, 0.1) is 18.8 Å². The van der Waals surface area contributed by atoms with E-state index >= 15 is 0 Å². The van der Waals surface area contributed by atoms with E-state index in [0.717, 1.165) is 29.3 Å². The van der Waals surface area contributed by atoms with E-state index in [1.54, 1.807) is 0 Å². The van der Waals surface area contributed by atoms with Crippen LogP contribution in [0.3, 0.4) is 0 Å². The van der Waals surface area contributed by atoms with Crippen LogP contribution in [-0.4, -0.2) is 19.5 Å². The molecule has 0 spiro atoms. The maximum atomic E-state index is 12.3. The lowest BCUT2D eigenvalue weighted by molar-refractivity contribution is 0.0942. The highest BCUT2D eigenvalue weighted by atomic mass is 16.1. The van der Waals surface area contributed by atoms with Gasteiger partial charge in [-0.25, -0.2) is 0 Å². The molecular weight excluding hydrogens is 248 g/mol. The summed E-state index contributed by atoms with van der Waals surface area (Å²) >= 11 is 0. The maximum Gasteiger partial charge on any atom is 0.253 e. The average Bonchev–Trinajstić information content (AvgIpc) is 2.46. The Bertz CT molecular complexity index is 462. The minimum atomic E-state index is 0.0386. The van der Waals surface area contributed by atoms with Gasteiger partial charge in [-0.2, -0.15) is 0 Å². The Morgan fingerprint density at radius 3 is 2.60 bits per heavy atom. The first-order valence-electron chi connectivity index (χ1n) is 7.66. The van der Waals surface area contributed by atoms with Crippen LogP contribution in [0.4, 0.5) is 5.69 Å². The highest BCUT2D eigenvalue weighted by Gasteiger charge is 2.19. The third-order valence-electron chi connectivity index (χ3n) is 4.38. The number of hydrogen-bond acceptors (Lipinski definition) is 2. The quantitative estimate of drug-likeness (QED) is 0.881. The van der Waals surface area contributed by atoms with Gasteiger partial charge in [0.05, 0.1) is 5.56 Å². The summed E-state index contributed by atoms with van der Waals surface area (Å²) in [6.07, 6.45) is 5.09. The molecule has 0 aliphatic heterocycles. The molecule has 1 aromatic rings. The van der Waals surface area contributed by atoms with E-state index in [4.69, 9.17) is 0 Å². The topological polar surface area (TPSA) is 41.1 Å². The number of amides is 1. The molecule has 20 heavy (non-hydrogen) atoms. The predicted molar refractivity (Wildman–Crippen MR) is 84.2 cm³/mol. The van der Waals surface area contributed by atoms with Gasteiger partial charge in [-0.1, -0.05) is 31.4 Å². The average molecular weight is 274 g/mol. The number of benzene rings is 1. The second kappa shape index (κ2) is 6.78. The first kappa shape index (κ1) is 14.9. The third-order valence-corrected chi connectivity index (χ3v) is 4.38. The number of nitrogens with one attached hydrogen (secondary N) is 2. The molecule has 0 heterocycles. The molecule has 0 saturated heterocycles. The van der Waals surface area contributed by atoms with Crippen LogP contribution in [-0.2, 0) is 0 Å². The zero-order valence-corrected chi connectivity index (χ0v) is 12.8. The number of carbonyl (C=O) groups is 1. The summed E-state index contributed by atoms with van der Waals surface area (Å²) in [6, 6.07) is 5.93. The number of anilines is 1.